The number of halogens is 1. The van der Waals surface area contributed by atoms with Crippen molar-refractivity contribution in [1.29, 1.82) is 0 Å². The first kappa shape index (κ1) is 19.8. The van der Waals surface area contributed by atoms with Crippen molar-refractivity contribution in [2.75, 3.05) is 13.7 Å². The summed E-state index contributed by atoms with van der Waals surface area (Å²) in [6.07, 6.45) is 1.84. The first-order chi connectivity index (χ1) is 14.6. The van der Waals surface area contributed by atoms with Gasteiger partial charge in [-0.05, 0) is 41.3 Å². The predicted molar refractivity (Wildman–Crippen MR) is 117 cm³/mol. The predicted octanol–water partition coefficient (Wildman–Crippen LogP) is 5.10. The fraction of sp³-hybridized carbons (Fsp3) is 0.200. The molecule has 0 fully saturated rings. The van der Waals surface area contributed by atoms with Gasteiger partial charge in [0.05, 0.1) is 18.7 Å². The lowest BCUT2D eigenvalue weighted by molar-refractivity contribution is 0.0779. The van der Waals surface area contributed by atoms with E-state index >= 15 is 4.39 Å². The molecule has 0 atom stereocenters. The molecule has 3 aromatic carbocycles. The van der Waals surface area contributed by atoms with Gasteiger partial charge < -0.3 is 9.64 Å². The summed E-state index contributed by atoms with van der Waals surface area (Å²) in [6.45, 7) is 3.10. The number of nitrogens with zero attached hydrogens (tertiary/aromatic N) is 2. The van der Waals surface area contributed by atoms with E-state index in [9.17, 15) is 4.79 Å². The number of aliphatic imine (C=N–C) groups is 1. The molecule has 3 aromatic rings. The van der Waals surface area contributed by atoms with Crippen LogP contribution in [0.4, 0.5) is 4.39 Å². The van der Waals surface area contributed by atoms with Gasteiger partial charge in [-0.25, -0.2) is 4.39 Å². The topological polar surface area (TPSA) is 41.9 Å². The minimum absolute atomic E-state index is 0.00413. The van der Waals surface area contributed by atoms with Crippen molar-refractivity contribution in [2.24, 2.45) is 4.99 Å². The molecular weight excluding hydrogens is 379 g/mol. The molecule has 0 unspecified atom stereocenters. The third kappa shape index (κ3) is 3.71. The van der Waals surface area contributed by atoms with Crippen LogP contribution in [-0.4, -0.2) is 30.7 Å². The van der Waals surface area contributed by atoms with Crippen molar-refractivity contribution in [2.45, 2.75) is 20.0 Å². The van der Waals surface area contributed by atoms with Crippen LogP contribution in [0.5, 0.6) is 5.75 Å². The lowest BCUT2D eigenvalue weighted by Gasteiger charge is -2.21. The lowest BCUT2D eigenvalue weighted by atomic mass is 10.0. The first-order valence-corrected chi connectivity index (χ1v) is 9.97. The zero-order chi connectivity index (χ0) is 21.1. The van der Waals surface area contributed by atoms with Crippen LogP contribution in [0.25, 0.3) is 11.1 Å². The van der Waals surface area contributed by atoms with E-state index in [2.05, 4.69) is 4.99 Å². The minimum Gasteiger partial charge on any atom is -0.490 e. The Balaban J connectivity index is 1.64. The third-order valence-corrected chi connectivity index (χ3v) is 5.24. The summed E-state index contributed by atoms with van der Waals surface area (Å²) < 4.78 is 21.0. The molecule has 1 amide bonds. The van der Waals surface area contributed by atoms with Gasteiger partial charge in [-0.2, -0.15) is 0 Å². The summed E-state index contributed by atoms with van der Waals surface area (Å²) in [7, 11) is 1.68. The van der Waals surface area contributed by atoms with Crippen LogP contribution in [0.3, 0.4) is 0 Å². The van der Waals surface area contributed by atoms with E-state index in [1.807, 2.05) is 54.7 Å². The standard InChI is InChI=1S/C25H23FN2O2/c1-3-30-24-20(17-8-5-4-6-9-17)12-13-21(23(24)26)25(29)28(2)16-19-11-7-10-18-14-27-15-22(18)19/h4-14H,3,15-16H2,1-2H3. The summed E-state index contributed by atoms with van der Waals surface area (Å²) in [5.41, 5.74) is 4.69. The number of rotatable bonds is 6. The van der Waals surface area contributed by atoms with Crippen LogP contribution in [0.15, 0.2) is 65.7 Å². The molecule has 30 heavy (non-hydrogen) atoms. The highest BCUT2D eigenvalue weighted by molar-refractivity contribution is 5.96. The Morgan fingerprint density at radius 1 is 1.10 bits per heavy atom. The molecule has 0 saturated carbocycles. The molecular formula is C25H23FN2O2. The molecule has 4 nitrogen and oxygen atoms in total. The Morgan fingerprint density at radius 3 is 2.67 bits per heavy atom. The Bertz CT molecular complexity index is 1110. The van der Waals surface area contributed by atoms with E-state index < -0.39 is 5.82 Å². The van der Waals surface area contributed by atoms with Crippen molar-refractivity contribution in [3.05, 3.63) is 88.7 Å². The monoisotopic (exact) mass is 402 g/mol. The lowest BCUT2D eigenvalue weighted by Crippen LogP contribution is -2.27. The largest absolute Gasteiger partial charge is 0.490 e. The number of amides is 1. The molecule has 5 heteroatoms. The second kappa shape index (κ2) is 8.49. The van der Waals surface area contributed by atoms with Gasteiger partial charge in [0, 0.05) is 25.4 Å². The summed E-state index contributed by atoms with van der Waals surface area (Å²) in [5, 5.41) is 0. The quantitative estimate of drug-likeness (QED) is 0.576. The fourth-order valence-corrected chi connectivity index (χ4v) is 3.74. The zero-order valence-corrected chi connectivity index (χ0v) is 17.1. The molecule has 0 radical (unpaired) electrons. The third-order valence-electron chi connectivity index (χ3n) is 5.24. The number of ether oxygens (including phenoxy) is 1. The number of carbonyl (C=O) groups excluding carboxylic acids is 1. The highest BCUT2D eigenvalue weighted by atomic mass is 19.1. The molecule has 0 saturated heterocycles. The SMILES string of the molecule is CCOc1c(-c2ccccc2)ccc(C(=O)N(C)Cc2cccc3c2CN=C3)c1F. The maximum absolute atomic E-state index is 15.4. The van der Waals surface area contributed by atoms with Crippen molar-refractivity contribution in [3.8, 4) is 16.9 Å². The Hall–Kier alpha value is -3.47. The average molecular weight is 402 g/mol. The van der Waals surface area contributed by atoms with Gasteiger partial charge in [0.2, 0.25) is 0 Å². The molecule has 0 spiro atoms. The van der Waals surface area contributed by atoms with Gasteiger partial charge in [0.1, 0.15) is 0 Å². The molecule has 0 aromatic heterocycles. The number of hydrogen-bond acceptors (Lipinski definition) is 3. The van der Waals surface area contributed by atoms with Gasteiger partial charge >= 0.3 is 0 Å². The van der Waals surface area contributed by atoms with E-state index in [0.717, 1.165) is 22.3 Å². The molecule has 0 N–H and O–H groups in total. The molecule has 1 aliphatic rings. The highest BCUT2D eigenvalue weighted by Gasteiger charge is 2.23. The van der Waals surface area contributed by atoms with E-state index in [0.29, 0.717) is 25.3 Å². The van der Waals surface area contributed by atoms with E-state index in [4.69, 9.17) is 4.74 Å². The average Bonchev–Trinajstić information content (AvgIpc) is 3.25. The van der Waals surface area contributed by atoms with Gasteiger partial charge in [-0.3, -0.25) is 9.79 Å². The van der Waals surface area contributed by atoms with Crippen LogP contribution < -0.4 is 4.74 Å². The van der Waals surface area contributed by atoms with Gasteiger partial charge in [0.25, 0.3) is 5.91 Å². The second-order valence-electron chi connectivity index (χ2n) is 7.22. The molecule has 1 aliphatic heterocycles. The molecule has 152 valence electrons. The van der Waals surface area contributed by atoms with Crippen molar-refractivity contribution in [1.82, 2.24) is 4.90 Å². The number of benzene rings is 3. The van der Waals surface area contributed by atoms with Crippen LogP contribution in [0.2, 0.25) is 0 Å². The van der Waals surface area contributed by atoms with Crippen LogP contribution in [-0.2, 0) is 13.1 Å². The van der Waals surface area contributed by atoms with Crippen LogP contribution in [0.1, 0.15) is 34.0 Å². The summed E-state index contributed by atoms with van der Waals surface area (Å²) in [4.78, 5) is 18.9. The summed E-state index contributed by atoms with van der Waals surface area (Å²) >= 11 is 0. The number of fused-ring (bicyclic) bond motifs is 1. The normalized spacial score (nSPS) is 12.0. The Labute approximate surface area is 175 Å². The van der Waals surface area contributed by atoms with E-state index in [-0.39, 0.29) is 17.2 Å². The molecule has 0 bridgehead atoms. The van der Waals surface area contributed by atoms with E-state index in [1.165, 1.54) is 11.0 Å². The van der Waals surface area contributed by atoms with Gasteiger partial charge in [-0.15, -0.1) is 0 Å². The van der Waals surface area contributed by atoms with Crippen molar-refractivity contribution >= 4 is 12.1 Å². The smallest absolute Gasteiger partial charge is 0.257 e. The second-order valence-corrected chi connectivity index (χ2v) is 7.22. The summed E-state index contributed by atoms with van der Waals surface area (Å²) in [6, 6.07) is 18.7. The molecule has 0 aliphatic carbocycles. The number of hydrogen-bond donors (Lipinski definition) is 0. The van der Waals surface area contributed by atoms with Crippen LogP contribution >= 0.6 is 0 Å². The van der Waals surface area contributed by atoms with Gasteiger partial charge in [-0.1, -0.05) is 48.5 Å². The maximum Gasteiger partial charge on any atom is 0.257 e. The highest BCUT2D eigenvalue weighted by Crippen LogP contribution is 2.35. The van der Waals surface area contributed by atoms with Crippen molar-refractivity contribution in [3.63, 3.8) is 0 Å². The van der Waals surface area contributed by atoms with Gasteiger partial charge in [0.15, 0.2) is 11.6 Å². The Kier molecular flexibility index (Phi) is 5.61. The Morgan fingerprint density at radius 2 is 1.90 bits per heavy atom. The summed E-state index contributed by atoms with van der Waals surface area (Å²) in [5.74, 6) is -0.904. The number of carbonyl (C=O) groups is 1. The molecule has 4 rings (SSSR count). The zero-order valence-electron chi connectivity index (χ0n) is 17.1. The van der Waals surface area contributed by atoms with Crippen LogP contribution in [0, 0.1) is 5.82 Å². The van der Waals surface area contributed by atoms with E-state index in [1.54, 1.807) is 20.0 Å². The fourth-order valence-electron chi connectivity index (χ4n) is 3.74. The molecule has 1 heterocycles. The minimum atomic E-state index is -0.628. The first-order valence-electron chi connectivity index (χ1n) is 9.97. The van der Waals surface area contributed by atoms with Crippen molar-refractivity contribution < 1.29 is 13.9 Å². The maximum atomic E-state index is 15.4.